The van der Waals surface area contributed by atoms with Gasteiger partial charge in [0.25, 0.3) is 0 Å². The summed E-state index contributed by atoms with van der Waals surface area (Å²) in [5.74, 6) is 1.48. The molecule has 5 heteroatoms. The average molecular weight is 227 g/mol. The van der Waals surface area contributed by atoms with Crippen molar-refractivity contribution in [3.8, 4) is 6.07 Å². The molecule has 1 aliphatic rings. The number of nitriles is 1. The van der Waals surface area contributed by atoms with Crippen molar-refractivity contribution in [3.05, 3.63) is 17.8 Å². The molecule has 86 valence electrons. The van der Waals surface area contributed by atoms with Crippen LogP contribution in [0.25, 0.3) is 11.0 Å². The zero-order valence-electron chi connectivity index (χ0n) is 9.88. The number of rotatable bonds is 1. The van der Waals surface area contributed by atoms with E-state index in [-0.39, 0.29) is 0 Å². The van der Waals surface area contributed by atoms with Crippen LogP contribution in [0.4, 0.5) is 5.82 Å². The summed E-state index contributed by atoms with van der Waals surface area (Å²) >= 11 is 0. The van der Waals surface area contributed by atoms with Gasteiger partial charge in [0.1, 0.15) is 11.9 Å². The Labute approximate surface area is 99.3 Å². The highest BCUT2D eigenvalue weighted by atomic mass is 15.3. The van der Waals surface area contributed by atoms with Crippen LogP contribution in [0.1, 0.15) is 12.5 Å². The summed E-state index contributed by atoms with van der Waals surface area (Å²) in [5, 5.41) is 14.2. The van der Waals surface area contributed by atoms with E-state index in [0.29, 0.717) is 11.5 Å². The van der Waals surface area contributed by atoms with Gasteiger partial charge in [-0.15, -0.1) is 0 Å². The Balaban J connectivity index is 2.15. The number of aryl methyl sites for hydroxylation is 1. The van der Waals surface area contributed by atoms with E-state index in [9.17, 15) is 5.26 Å². The topological polar surface area (TPSA) is 57.7 Å². The Morgan fingerprint density at radius 3 is 2.88 bits per heavy atom. The number of hydrogen-bond donors (Lipinski definition) is 0. The van der Waals surface area contributed by atoms with Gasteiger partial charge in [0.05, 0.1) is 11.8 Å². The second kappa shape index (κ2) is 3.45. The summed E-state index contributed by atoms with van der Waals surface area (Å²) in [6.07, 6.45) is 1.74. The maximum Gasteiger partial charge on any atom is 0.159 e. The molecule has 0 spiro atoms. The maximum atomic E-state index is 9.18. The van der Waals surface area contributed by atoms with Gasteiger partial charge in [-0.2, -0.15) is 10.4 Å². The Hall–Kier alpha value is -2.09. The second-order valence-corrected chi connectivity index (χ2v) is 4.66. The molecular formula is C12H13N5. The van der Waals surface area contributed by atoms with Gasteiger partial charge in [-0.3, -0.25) is 4.68 Å². The minimum absolute atomic E-state index is 0.636. The largest absolute Gasteiger partial charge is 0.355 e. The Kier molecular flexibility index (Phi) is 2.05. The monoisotopic (exact) mass is 227 g/mol. The van der Waals surface area contributed by atoms with Crippen LogP contribution in [0.15, 0.2) is 12.3 Å². The summed E-state index contributed by atoms with van der Waals surface area (Å²) in [7, 11) is 1.86. The van der Waals surface area contributed by atoms with Crippen molar-refractivity contribution in [3.63, 3.8) is 0 Å². The van der Waals surface area contributed by atoms with Crippen LogP contribution in [0.3, 0.4) is 0 Å². The van der Waals surface area contributed by atoms with Crippen molar-refractivity contribution >= 4 is 16.9 Å². The third-order valence-corrected chi connectivity index (χ3v) is 3.17. The van der Waals surface area contributed by atoms with Gasteiger partial charge in [-0.1, -0.05) is 6.92 Å². The second-order valence-electron chi connectivity index (χ2n) is 4.66. The van der Waals surface area contributed by atoms with Crippen molar-refractivity contribution < 1.29 is 0 Å². The first-order valence-electron chi connectivity index (χ1n) is 5.67. The van der Waals surface area contributed by atoms with E-state index < -0.39 is 0 Å². The predicted octanol–water partition coefficient (Wildman–Crippen LogP) is 1.30. The zero-order chi connectivity index (χ0) is 12.0. The van der Waals surface area contributed by atoms with E-state index in [4.69, 9.17) is 0 Å². The van der Waals surface area contributed by atoms with Crippen molar-refractivity contribution in [2.75, 3.05) is 18.0 Å². The molecule has 1 aliphatic heterocycles. The molecule has 0 bridgehead atoms. The van der Waals surface area contributed by atoms with Gasteiger partial charge in [-0.05, 0) is 12.0 Å². The van der Waals surface area contributed by atoms with Crippen LogP contribution in [-0.2, 0) is 7.05 Å². The van der Waals surface area contributed by atoms with Gasteiger partial charge in [0.2, 0.25) is 0 Å². The van der Waals surface area contributed by atoms with Crippen LogP contribution in [0, 0.1) is 17.2 Å². The third-order valence-electron chi connectivity index (χ3n) is 3.17. The highest BCUT2D eigenvalue weighted by molar-refractivity contribution is 5.80. The number of pyridine rings is 1. The average Bonchev–Trinajstić information content (AvgIpc) is 2.65. The van der Waals surface area contributed by atoms with Crippen LogP contribution in [0.2, 0.25) is 0 Å². The molecule has 3 rings (SSSR count). The first-order chi connectivity index (χ1) is 8.19. The fourth-order valence-corrected chi connectivity index (χ4v) is 2.26. The van der Waals surface area contributed by atoms with E-state index in [1.54, 1.807) is 10.9 Å². The van der Waals surface area contributed by atoms with Gasteiger partial charge in [0.15, 0.2) is 5.65 Å². The molecule has 0 amide bonds. The fraction of sp³-hybridized carbons (Fsp3) is 0.417. The highest BCUT2D eigenvalue weighted by Crippen LogP contribution is 2.28. The molecule has 17 heavy (non-hydrogen) atoms. The first kappa shape index (κ1) is 10.1. The Morgan fingerprint density at radius 2 is 2.24 bits per heavy atom. The minimum Gasteiger partial charge on any atom is -0.355 e. The van der Waals surface area contributed by atoms with Crippen LogP contribution in [-0.4, -0.2) is 27.9 Å². The van der Waals surface area contributed by atoms with E-state index in [2.05, 4.69) is 28.0 Å². The smallest absolute Gasteiger partial charge is 0.159 e. The Bertz CT molecular complexity index is 616. The summed E-state index contributed by atoms with van der Waals surface area (Å²) < 4.78 is 1.74. The lowest BCUT2D eigenvalue weighted by atomic mass is 10.0. The molecule has 3 heterocycles. The summed E-state index contributed by atoms with van der Waals surface area (Å²) in [6.45, 7) is 4.15. The molecule has 0 aliphatic carbocycles. The highest BCUT2D eigenvalue weighted by Gasteiger charge is 2.26. The fourth-order valence-electron chi connectivity index (χ4n) is 2.26. The van der Waals surface area contributed by atoms with E-state index >= 15 is 0 Å². The number of hydrogen-bond acceptors (Lipinski definition) is 4. The molecule has 2 aromatic heterocycles. The van der Waals surface area contributed by atoms with Gasteiger partial charge < -0.3 is 4.90 Å². The van der Waals surface area contributed by atoms with Gasteiger partial charge in [0, 0.05) is 25.5 Å². The summed E-state index contributed by atoms with van der Waals surface area (Å²) in [6, 6.07) is 4.09. The lowest BCUT2D eigenvalue weighted by molar-refractivity contribution is 0.443. The van der Waals surface area contributed by atoms with Crippen LogP contribution in [0.5, 0.6) is 0 Å². The Morgan fingerprint density at radius 1 is 1.47 bits per heavy atom. The molecular weight excluding hydrogens is 214 g/mol. The molecule has 0 unspecified atom stereocenters. The lowest BCUT2D eigenvalue weighted by Crippen LogP contribution is -2.46. The molecule has 0 N–H and O–H groups in total. The summed E-state index contributed by atoms with van der Waals surface area (Å²) in [5.41, 5.74) is 1.47. The molecule has 0 radical (unpaired) electrons. The standard InChI is InChI=1S/C12H13N5/c1-8-6-17(7-8)12-9(4-13)3-10-5-14-16(2)11(10)15-12/h3,5,8H,6-7H2,1-2H3. The van der Waals surface area contributed by atoms with E-state index in [1.807, 2.05) is 13.1 Å². The molecule has 0 atom stereocenters. The zero-order valence-corrected chi connectivity index (χ0v) is 9.88. The van der Waals surface area contributed by atoms with Crippen LogP contribution >= 0.6 is 0 Å². The maximum absolute atomic E-state index is 9.18. The van der Waals surface area contributed by atoms with Gasteiger partial charge in [-0.25, -0.2) is 4.98 Å². The van der Waals surface area contributed by atoms with Crippen molar-refractivity contribution in [1.82, 2.24) is 14.8 Å². The molecule has 1 fully saturated rings. The van der Waals surface area contributed by atoms with E-state index in [0.717, 1.165) is 29.9 Å². The number of anilines is 1. The van der Waals surface area contributed by atoms with Crippen LogP contribution < -0.4 is 4.90 Å². The first-order valence-corrected chi connectivity index (χ1v) is 5.67. The molecule has 2 aromatic rings. The van der Waals surface area contributed by atoms with E-state index in [1.165, 1.54) is 0 Å². The minimum atomic E-state index is 0.636. The predicted molar refractivity (Wildman–Crippen MR) is 64.6 cm³/mol. The van der Waals surface area contributed by atoms with Crippen molar-refractivity contribution in [2.24, 2.45) is 13.0 Å². The third kappa shape index (κ3) is 1.45. The number of nitrogens with zero attached hydrogens (tertiary/aromatic N) is 5. The SMILES string of the molecule is CC1CN(c2nc3c(cnn3C)cc2C#N)C1. The molecule has 0 aromatic carbocycles. The normalized spacial score (nSPS) is 15.9. The molecule has 0 saturated carbocycles. The summed E-state index contributed by atoms with van der Waals surface area (Å²) in [4.78, 5) is 6.71. The number of aromatic nitrogens is 3. The number of fused-ring (bicyclic) bond motifs is 1. The molecule has 1 saturated heterocycles. The van der Waals surface area contributed by atoms with Crippen molar-refractivity contribution in [2.45, 2.75) is 6.92 Å². The quantitative estimate of drug-likeness (QED) is 0.736. The molecule has 5 nitrogen and oxygen atoms in total. The lowest BCUT2D eigenvalue weighted by Gasteiger charge is -2.38. The van der Waals surface area contributed by atoms with Gasteiger partial charge >= 0.3 is 0 Å². The van der Waals surface area contributed by atoms with Crippen molar-refractivity contribution in [1.29, 1.82) is 5.26 Å².